The van der Waals surface area contributed by atoms with Gasteiger partial charge in [-0.2, -0.15) is 0 Å². The van der Waals surface area contributed by atoms with Gasteiger partial charge in [0.15, 0.2) is 11.0 Å². The van der Waals surface area contributed by atoms with Crippen LogP contribution in [0.2, 0.25) is 0 Å². The van der Waals surface area contributed by atoms with Gasteiger partial charge in [0.1, 0.15) is 5.82 Å². The number of aryl methyl sites for hydroxylation is 3. The predicted octanol–water partition coefficient (Wildman–Crippen LogP) is 6.54. The number of hydrogen-bond donors (Lipinski definition) is 0. The lowest BCUT2D eigenvalue weighted by atomic mass is 10.1. The van der Waals surface area contributed by atoms with Crippen LogP contribution in [0.4, 0.5) is 4.39 Å². The highest BCUT2D eigenvalue weighted by atomic mass is 32.2. The fourth-order valence-corrected chi connectivity index (χ4v) is 5.51. The smallest absolute Gasteiger partial charge is 0.196 e. The minimum atomic E-state index is -0.198. The van der Waals surface area contributed by atoms with Gasteiger partial charge < -0.3 is 4.57 Å². The van der Waals surface area contributed by atoms with Crippen molar-refractivity contribution in [2.45, 2.75) is 24.8 Å². The summed E-state index contributed by atoms with van der Waals surface area (Å²) in [6.07, 6.45) is 0. The number of fused-ring (bicyclic) bond motifs is 1. The summed E-state index contributed by atoms with van der Waals surface area (Å²) >= 11 is 3.21. The second kappa shape index (κ2) is 7.98. The van der Waals surface area contributed by atoms with E-state index in [1.54, 1.807) is 17.4 Å². The number of benzene rings is 2. The molecule has 0 radical (unpaired) electrons. The van der Waals surface area contributed by atoms with Crippen LogP contribution in [0.15, 0.2) is 65.1 Å². The molecular weight excluding hydrogens is 427 g/mol. The van der Waals surface area contributed by atoms with E-state index in [-0.39, 0.29) is 5.82 Å². The third-order valence-electron chi connectivity index (χ3n) is 5.45. The van der Waals surface area contributed by atoms with Crippen molar-refractivity contribution in [2.75, 3.05) is 0 Å². The van der Waals surface area contributed by atoms with Crippen LogP contribution in [0.5, 0.6) is 0 Å². The summed E-state index contributed by atoms with van der Waals surface area (Å²) in [6.45, 7) is 4.17. The van der Waals surface area contributed by atoms with E-state index in [9.17, 15) is 4.39 Å². The Morgan fingerprint density at radius 2 is 1.87 bits per heavy atom. The van der Waals surface area contributed by atoms with Crippen LogP contribution in [-0.4, -0.2) is 19.3 Å². The average molecular weight is 449 g/mol. The molecule has 0 N–H and O–H groups in total. The Morgan fingerprint density at radius 3 is 2.68 bits per heavy atom. The first kappa shape index (κ1) is 20.0. The van der Waals surface area contributed by atoms with E-state index >= 15 is 0 Å². The molecule has 0 saturated carbocycles. The van der Waals surface area contributed by atoms with Crippen molar-refractivity contribution in [2.24, 2.45) is 7.05 Å². The van der Waals surface area contributed by atoms with Crippen LogP contribution in [0.3, 0.4) is 0 Å². The molecule has 4 nitrogen and oxygen atoms in total. The zero-order valence-electron chi connectivity index (χ0n) is 17.5. The van der Waals surface area contributed by atoms with Gasteiger partial charge in [-0.05, 0) is 60.2 Å². The van der Waals surface area contributed by atoms with Gasteiger partial charge in [-0.25, -0.2) is 4.39 Å². The Morgan fingerprint density at radius 1 is 1.03 bits per heavy atom. The Labute approximate surface area is 188 Å². The van der Waals surface area contributed by atoms with Crippen LogP contribution in [0.25, 0.3) is 27.4 Å². The van der Waals surface area contributed by atoms with Crippen LogP contribution < -0.4 is 0 Å². The molecule has 5 aromatic rings. The summed E-state index contributed by atoms with van der Waals surface area (Å²) < 4.78 is 19.7. The van der Waals surface area contributed by atoms with Gasteiger partial charge in [-0.3, -0.25) is 4.57 Å². The second-order valence-electron chi connectivity index (χ2n) is 7.57. The highest BCUT2D eigenvalue weighted by Crippen LogP contribution is 2.35. The third kappa shape index (κ3) is 3.58. The van der Waals surface area contributed by atoms with Gasteiger partial charge in [0.2, 0.25) is 0 Å². The van der Waals surface area contributed by atoms with E-state index in [4.69, 9.17) is 0 Å². The Balaban J connectivity index is 1.65. The number of halogens is 1. The molecule has 0 aliphatic carbocycles. The SMILES string of the molecule is Cc1ccc(C)c(-n2c(SCc3ccccc3F)nnc2-c2cc3sccc3n2C)c1. The van der Waals surface area contributed by atoms with E-state index in [0.717, 1.165) is 33.5 Å². The van der Waals surface area contributed by atoms with E-state index in [0.29, 0.717) is 11.3 Å². The van der Waals surface area contributed by atoms with Gasteiger partial charge in [0.05, 0.1) is 21.6 Å². The summed E-state index contributed by atoms with van der Waals surface area (Å²) in [6, 6.07) is 17.5. The molecular formula is C24H21FN4S2. The zero-order valence-corrected chi connectivity index (χ0v) is 19.1. The normalized spacial score (nSPS) is 11.5. The Kier molecular flexibility index (Phi) is 5.16. The lowest BCUT2D eigenvalue weighted by Gasteiger charge is -2.14. The average Bonchev–Trinajstić information content (AvgIpc) is 3.45. The highest BCUT2D eigenvalue weighted by molar-refractivity contribution is 7.98. The fraction of sp³-hybridized carbons (Fsp3) is 0.167. The molecule has 0 atom stereocenters. The molecule has 0 aliphatic heterocycles. The molecule has 156 valence electrons. The molecule has 31 heavy (non-hydrogen) atoms. The molecule has 0 aliphatic rings. The first-order chi connectivity index (χ1) is 15.0. The second-order valence-corrected chi connectivity index (χ2v) is 9.46. The molecule has 0 spiro atoms. The zero-order chi connectivity index (χ0) is 21.5. The van der Waals surface area contributed by atoms with Gasteiger partial charge in [0, 0.05) is 12.8 Å². The molecule has 2 aromatic carbocycles. The van der Waals surface area contributed by atoms with E-state index in [1.807, 2.05) is 12.1 Å². The van der Waals surface area contributed by atoms with Crippen molar-refractivity contribution in [3.05, 3.63) is 82.5 Å². The van der Waals surface area contributed by atoms with Crippen molar-refractivity contribution in [3.63, 3.8) is 0 Å². The topological polar surface area (TPSA) is 35.6 Å². The number of thiophene rings is 1. The lowest BCUT2D eigenvalue weighted by molar-refractivity contribution is 0.617. The number of hydrogen-bond acceptors (Lipinski definition) is 4. The van der Waals surface area contributed by atoms with Gasteiger partial charge >= 0.3 is 0 Å². The van der Waals surface area contributed by atoms with Crippen molar-refractivity contribution in [3.8, 4) is 17.2 Å². The molecule has 0 amide bonds. The quantitative estimate of drug-likeness (QED) is 0.287. The lowest BCUT2D eigenvalue weighted by Crippen LogP contribution is -2.04. The van der Waals surface area contributed by atoms with Crippen LogP contribution in [0, 0.1) is 19.7 Å². The fourth-order valence-electron chi connectivity index (χ4n) is 3.73. The number of thioether (sulfide) groups is 1. The van der Waals surface area contributed by atoms with Crippen molar-refractivity contribution in [1.29, 1.82) is 0 Å². The van der Waals surface area contributed by atoms with Crippen molar-refractivity contribution >= 4 is 33.3 Å². The minimum absolute atomic E-state index is 0.198. The maximum absolute atomic E-state index is 14.2. The number of nitrogens with zero attached hydrogens (tertiary/aromatic N) is 4. The van der Waals surface area contributed by atoms with Crippen LogP contribution >= 0.6 is 23.1 Å². The van der Waals surface area contributed by atoms with Gasteiger partial charge in [0.25, 0.3) is 0 Å². The monoisotopic (exact) mass is 448 g/mol. The largest absolute Gasteiger partial charge is 0.340 e. The van der Waals surface area contributed by atoms with Gasteiger partial charge in [-0.1, -0.05) is 42.1 Å². The molecule has 0 fully saturated rings. The summed E-state index contributed by atoms with van der Waals surface area (Å²) in [7, 11) is 2.05. The number of aromatic nitrogens is 4. The highest BCUT2D eigenvalue weighted by Gasteiger charge is 2.21. The molecule has 7 heteroatoms. The molecule has 5 rings (SSSR count). The molecule has 0 unspecified atom stereocenters. The Bertz CT molecular complexity index is 1400. The van der Waals surface area contributed by atoms with Crippen molar-refractivity contribution in [1.82, 2.24) is 19.3 Å². The van der Waals surface area contributed by atoms with E-state index in [1.165, 1.54) is 28.0 Å². The summed E-state index contributed by atoms with van der Waals surface area (Å²) in [5.41, 5.74) is 6.18. The van der Waals surface area contributed by atoms with E-state index < -0.39 is 0 Å². The Hall–Kier alpha value is -2.90. The third-order valence-corrected chi connectivity index (χ3v) is 7.28. The van der Waals surface area contributed by atoms with Crippen molar-refractivity contribution < 1.29 is 4.39 Å². The standard InChI is InChI=1S/C24H21FN4S2/c1-15-8-9-16(2)20(12-15)29-23(21-13-22-19(28(21)3)10-11-30-22)26-27-24(29)31-14-17-6-4-5-7-18(17)25/h4-13H,14H2,1-3H3. The summed E-state index contributed by atoms with van der Waals surface area (Å²) in [5.74, 6) is 1.07. The van der Waals surface area contributed by atoms with E-state index in [2.05, 4.69) is 75.9 Å². The first-order valence-corrected chi connectivity index (χ1v) is 11.8. The first-order valence-electron chi connectivity index (χ1n) is 9.95. The molecule has 0 bridgehead atoms. The van der Waals surface area contributed by atoms with Crippen LogP contribution in [-0.2, 0) is 12.8 Å². The maximum atomic E-state index is 14.2. The minimum Gasteiger partial charge on any atom is -0.340 e. The predicted molar refractivity (Wildman–Crippen MR) is 127 cm³/mol. The summed E-state index contributed by atoms with van der Waals surface area (Å²) in [4.78, 5) is 0. The molecule has 3 heterocycles. The molecule has 0 saturated heterocycles. The number of rotatable bonds is 5. The molecule has 3 aromatic heterocycles. The summed E-state index contributed by atoms with van der Waals surface area (Å²) in [5, 5.41) is 12.0. The van der Waals surface area contributed by atoms with Gasteiger partial charge in [-0.15, -0.1) is 21.5 Å². The maximum Gasteiger partial charge on any atom is 0.196 e. The van der Waals surface area contributed by atoms with Crippen LogP contribution in [0.1, 0.15) is 16.7 Å².